The summed E-state index contributed by atoms with van der Waals surface area (Å²) < 4.78 is 19.9. The highest BCUT2D eigenvalue weighted by molar-refractivity contribution is 6.02. The smallest absolute Gasteiger partial charge is 0.254 e. The van der Waals surface area contributed by atoms with Crippen LogP contribution in [0.5, 0.6) is 0 Å². The largest absolute Gasteiger partial charge is 0.436 e. The quantitative estimate of drug-likeness (QED) is 0.475. The zero-order valence-electron chi connectivity index (χ0n) is 17.3. The van der Waals surface area contributed by atoms with Gasteiger partial charge in [0.15, 0.2) is 5.76 Å². The van der Waals surface area contributed by atoms with Crippen molar-refractivity contribution in [2.24, 2.45) is 0 Å². The number of benzene rings is 3. The molecule has 0 saturated carbocycles. The number of carbonyl (C=O) groups is 2. The number of carbonyl (C=O) groups excluding carboxylic acids is 2. The van der Waals surface area contributed by atoms with Crippen molar-refractivity contribution in [2.45, 2.75) is 0 Å². The second-order valence-electron chi connectivity index (χ2n) is 7.13. The summed E-state index contributed by atoms with van der Waals surface area (Å²) in [6, 6.07) is 22.0. The molecule has 1 heterocycles. The maximum atomic E-state index is 14.1. The predicted octanol–water partition coefficient (Wildman–Crippen LogP) is 4.86. The summed E-state index contributed by atoms with van der Waals surface area (Å²) in [6.45, 7) is -0.131. The third-order valence-corrected chi connectivity index (χ3v) is 4.82. The molecule has 0 aliphatic carbocycles. The van der Waals surface area contributed by atoms with Crippen LogP contribution in [-0.2, 0) is 4.79 Å². The molecule has 0 unspecified atom stereocenters. The highest BCUT2D eigenvalue weighted by atomic mass is 19.1. The minimum atomic E-state index is -0.427. The monoisotopic (exact) mass is 429 g/mol. The zero-order chi connectivity index (χ0) is 22.5. The lowest BCUT2D eigenvalue weighted by molar-refractivity contribution is -0.116. The van der Waals surface area contributed by atoms with Crippen LogP contribution in [0.4, 0.5) is 10.1 Å². The van der Waals surface area contributed by atoms with E-state index in [1.54, 1.807) is 61.6 Å². The number of likely N-dealkylation sites (N-methyl/N-ethyl adjacent to an activating group) is 1. The Morgan fingerprint density at radius 3 is 2.34 bits per heavy atom. The van der Waals surface area contributed by atoms with Gasteiger partial charge in [0.05, 0.1) is 23.9 Å². The Hall–Kier alpha value is -4.26. The number of oxazole rings is 1. The molecule has 7 heteroatoms. The van der Waals surface area contributed by atoms with Gasteiger partial charge in [0.1, 0.15) is 5.82 Å². The Balaban J connectivity index is 1.54. The SMILES string of the molecule is CN(CC(=O)Nc1ccccc1)C(=O)c1ccccc1-c1ncc(-c2ccccc2F)o1. The summed E-state index contributed by atoms with van der Waals surface area (Å²) in [4.78, 5) is 31.0. The molecule has 0 radical (unpaired) electrons. The Morgan fingerprint density at radius 1 is 0.938 bits per heavy atom. The molecule has 0 aliphatic rings. The van der Waals surface area contributed by atoms with Crippen LogP contribution in [0.2, 0.25) is 0 Å². The van der Waals surface area contributed by atoms with E-state index in [1.165, 1.54) is 17.2 Å². The maximum Gasteiger partial charge on any atom is 0.254 e. The van der Waals surface area contributed by atoms with Crippen molar-refractivity contribution in [1.29, 1.82) is 0 Å². The summed E-state index contributed by atoms with van der Waals surface area (Å²) in [5, 5.41) is 2.75. The molecule has 4 aromatic rings. The predicted molar refractivity (Wildman–Crippen MR) is 119 cm³/mol. The van der Waals surface area contributed by atoms with Gasteiger partial charge < -0.3 is 14.6 Å². The Labute approximate surface area is 184 Å². The second kappa shape index (κ2) is 9.26. The number of halogens is 1. The molecule has 4 rings (SSSR count). The van der Waals surface area contributed by atoms with E-state index in [0.717, 1.165) is 0 Å². The Kier molecular flexibility index (Phi) is 6.07. The number of nitrogens with zero attached hydrogens (tertiary/aromatic N) is 2. The first-order valence-electron chi connectivity index (χ1n) is 9.93. The maximum absolute atomic E-state index is 14.1. The molecular formula is C25H20FN3O3. The molecule has 160 valence electrons. The first-order chi connectivity index (χ1) is 15.5. The molecule has 0 atom stereocenters. The van der Waals surface area contributed by atoms with Crippen molar-refractivity contribution < 1.29 is 18.4 Å². The van der Waals surface area contributed by atoms with Crippen molar-refractivity contribution in [1.82, 2.24) is 9.88 Å². The number of hydrogen-bond donors (Lipinski definition) is 1. The van der Waals surface area contributed by atoms with E-state index >= 15 is 0 Å². The average Bonchev–Trinajstić information content (AvgIpc) is 3.29. The summed E-state index contributed by atoms with van der Waals surface area (Å²) in [7, 11) is 1.55. The van der Waals surface area contributed by atoms with Crippen molar-refractivity contribution in [2.75, 3.05) is 18.9 Å². The van der Waals surface area contributed by atoms with Crippen LogP contribution in [0.15, 0.2) is 89.5 Å². The lowest BCUT2D eigenvalue weighted by atomic mass is 10.1. The molecule has 0 spiro atoms. The number of rotatable bonds is 6. The highest BCUT2D eigenvalue weighted by Gasteiger charge is 2.21. The third-order valence-electron chi connectivity index (χ3n) is 4.82. The van der Waals surface area contributed by atoms with Gasteiger partial charge in [0, 0.05) is 18.3 Å². The highest BCUT2D eigenvalue weighted by Crippen LogP contribution is 2.30. The van der Waals surface area contributed by atoms with Crippen LogP contribution in [0.25, 0.3) is 22.8 Å². The summed E-state index contributed by atoms with van der Waals surface area (Å²) in [6.07, 6.45) is 1.42. The number of para-hydroxylation sites is 1. The fourth-order valence-electron chi connectivity index (χ4n) is 3.26. The summed E-state index contributed by atoms with van der Waals surface area (Å²) in [5.41, 5.74) is 1.71. The Morgan fingerprint density at radius 2 is 1.59 bits per heavy atom. The van der Waals surface area contributed by atoms with Gasteiger partial charge in [0.2, 0.25) is 11.8 Å². The number of nitrogens with one attached hydrogen (secondary N) is 1. The van der Waals surface area contributed by atoms with Gasteiger partial charge in [-0.2, -0.15) is 0 Å². The van der Waals surface area contributed by atoms with Crippen molar-refractivity contribution in [3.8, 4) is 22.8 Å². The van der Waals surface area contributed by atoms with Gasteiger partial charge in [-0.1, -0.05) is 42.5 Å². The number of anilines is 1. The van der Waals surface area contributed by atoms with Crippen LogP contribution >= 0.6 is 0 Å². The molecule has 0 bridgehead atoms. The molecule has 1 N–H and O–H groups in total. The average molecular weight is 429 g/mol. The minimum Gasteiger partial charge on any atom is -0.436 e. The number of aromatic nitrogens is 1. The first-order valence-corrected chi connectivity index (χ1v) is 9.93. The Bertz CT molecular complexity index is 1250. The second-order valence-corrected chi connectivity index (χ2v) is 7.13. The van der Waals surface area contributed by atoms with E-state index in [4.69, 9.17) is 4.42 Å². The molecule has 1 aromatic heterocycles. The normalized spacial score (nSPS) is 10.6. The fraction of sp³-hybridized carbons (Fsp3) is 0.0800. The van der Waals surface area contributed by atoms with E-state index in [0.29, 0.717) is 16.8 Å². The first kappa shape index (κ1) is 21.0. The summed E-state index contributed by atoms with van der Waals surface area (Å²) in [5.74, 6) is -0.661. The molecule has 32 heavy (non-hydrogen) atoms. The molecule has 0 fully saturated rings. The lowest BCUT2D eigenvalue weighted by Crippen LogP contribution is -2.35. The standard InChI is InChI=1S/C25H20FN3O3/c1-29(16-23(30)28-17-9-3-2-4-10-17)25(31)19-12-6-5-11-18(19)24-27-15-22(32-24)20-13-7-8-14-21(20)26/h2-15H,16H2,1H3,(H,28,30). The number of hydrogen-bond acceptors (Lipinski definition) is 4. The molecular weight excluding hydrogens is 409 g/mol. The van der Waals surface area contributed by atoms with Gasteiger partial charge in [0.25, 0.3) is 5.91 Å². The van der Waals surface area contributed by atoms with Gasteiger partial charge in [-0.25, -0.2) is 9.37 Å². The van der Waals surface area contributed by atoms with Crippen molar-refractivity contribution in [3.05, 3.63) is 96.4 Å². The fourth-order valence-corrected chi connectivity index (χ4v) is 3.26. The minimum absolute atomic E-state index is 0.131. The van der Waals surface area contributed by atoms with E-state index in [1.807, 2.05) is 18.2 Å². The van der Waals surface area contributed by atoms with Gasteiger partial charge in [-0.05, 0) is 36.4 Å². The van der Waals surface area contributed by atoms with E-state index < -0.39 is 5.82 Å². The topological polar surface area (TPSA) is 75.4 Å². The summed E-state index contributed by atoms with van der Waals surface area (Å²) >= 11 is 0. The van der Waals surface area contributed by atoms with Crippen LogP contribution in [0.3, 0.4) is 0 Å². The third kappa shape index (κ3) is 4.57. The lowest BCUT2D eigenvalue weighted by Gasteiger charge is -2.18. The van der Waals surface area contributed by atoms with Gasteiger partial charge >= 0.3 is 0 Å². The van der Waals surface area contributed by atoms with Crippen molar-refractivity contribution >= 4 is 17.5 Å². The number of amides is 2. The molecule has 3 aromatic carbocycles. The van der Waals surface area contributed by atoms with Crippen LogP contribution < -0.4 is 5.32 Å². The molecule has 2 amide bonds. The van der Waals surface area contributed by atoms with Crippen LogP contribution in [0, 0.1) is 5.82 Å². The molecule has 0 saturated heterocycles. The molecule has 6 nitrogen and oxygen atoms in total. The van der Waals surface area contributed by atoms with E-state index in [2.05, 4.69) is 10.3 Å². The molecule has 0 aliphatic heterocycles. The van der Waals surface area contributed by atoms with Gasteiger partial charge in [-0.3, -0.25) is 9.59 Å². The van der Waals surface area contributed by atoms with Crippen LogP contribution in [0.1, 0.15) is 10.4 Å². The van der Waals surface area contributed by atoms with E-state index in [-0.39, 0.29) is 35.6 Å². The van der Waals surface area contributed by atoms with E-state index in [9.17, 15) is 14.0 Å². The van der Waals surface area contributed by atoms with Gasteiger partial charge in [-0.15, -0.1) is 0 Å². The van der Waals surface area contributed by atoms with Crippen molar-refractivity contribution in [3.63, 3.8) is 0 Å². The van der Waals surface area contributed by atoms with Crippen LogP contribution in [-0.4, -0.2) is 35.3 Å². The zero-order valence-corrected chi connectivity index (χ0v) is 17.3.